The quantitative estimate of drug-likeness (QED) is 0.119. The highest BCUT2D eigenvalue weighted by molar-refractivity contribution is 5.69. The number of hydrogen-bond donors (Lipinski definition) is 1. The van der Waals surface area contributed by atoms with Crippen molar-refractivity contribution in [1.82, 2.24) is 14.5 Å². The molecule has 0 saturated heterocycles. The Morgan fingerprint density at radius 1 is 1.04 bits per heavy atom. The molecular weight excluding hydrogens is 649 g/mol. The third-order valence-corrected chi connectivity index (χ3v) is 7.93. The zero-order valence-electron chi connectivity index (χ0n) is 28.3. The molecule has 0 bridgehead atoms. The number of nitrogens with zero attached hydrogens (tertiary/aromatic N) is 2. The lowest BCUT2D eigenvalue weighted by molar-refractivity contribution is -0.143. The molecule has 0 spiro atoms. The van der Waals surface area contributed by atoms with E-state index >= 15 is 8.78 Å². The lowest BCUT2D eigenvalue weighted by atomic mass is 9.99. The van der Waals surface area contributed by atoms with Gasteiger partial charge in [-0.05, 0) is 63.4 Å². The van der Waals surface area contributed by atoms with Crippen molar-refractivity contribution in [3.05, 3.63) is 109 Å². The van der Waals surface area contributed by atoms with Gasteiger partial charge in [-0.15, -0.1) is 0 Å². The molecule has 0 aliphatic heterocycles. The molecule has 1 unspecified atom stereocenters. The maximum Gasteiger partial charge on any atom is 0.416 e. The van der Waals surface area contributed by atoms with Gasteiger partial charge in [-0.2, -0.15) is 13.2 Å². The molecule has 3 aromatic rings. The van der Waals surface area contributed by atoms with Crippen LogP contribution in [0.3, 0.4) is 0 Å². The van der Waals surface area contributed by atoms with E-state index in [1.807, 2.05) is 32.1 Å². The summed E-state index contributed by atoms with van der Waals surface area (Å²) in [5, 5.41) is 3.26. The molecule has 0 saturated carbocycles. The van der Waals surface area contributed by atoms with Crippen molar-refractivity contribution in [2.24, 2.45) is 0 Å². The molecule has 1 aliphatic rings. The molecule has 1 atom stereocenters. The molecule has 0 radical (unpaired) electrons. The first-order valence-corrected chi connectivity index (χ1v) is 16.2. The zero-order valence-corrected chi connectivity index (χ0v) is 28.3. The fraction of sp³-hybridized carbons (Fsp3) is 0.417. The Hall–Kier alpha value is -4.52. The molecule has 8 nitrogen and oxygen atoms in total. The van der Waals surface area contributed by atoms with Gasteiger partial charge in [0.2, 0.25) is 0 Å². The highest BCUT2D eigenvalue weighted by Crippen LogP contribution is 2.34. The Balaban J connectivity index is 0.00000319. The standard InChI is InChI=1S/C34H36F5N3O5.C2H6/c1-4-47-29(43)17-10-18-40-27(22-11-6-5-7-12-22)20-42-32(44)30(23-13-8-16-28(46-3)31(23)36)21(2)41(33(42)45)19-24-25(34(37,38)39)14-9-15-26(24)35;1-2/h6,8-9,11-16,27,40H,4-5,7,10,17-20H2,1-3H3;1-2H3. The topological polar surface area (TPSA) is 91.6 Å². The summed E-state index contributed by atoms with van der Waals surface area (Å²) in [7, 11) is 1.23. The predicted octanol–water partition coefficient (Wildman–Crippen LogP) is 6.94. The number of alkyl halides is 3. The van der Waals surface area contributed by atoms with E-state index in [0.29, 0.717) is 25.5 Å². The minimum atomic E-state index is -4.94. The fourth-order valence-electron chi connectivity index (χ4n) is 5.57. The number of aromatic nitrogens is 2. The van der Waals surface area contributed by atoms with Crippen molar-refractivity contribution in [2.75, 3.05) is 20.3 Å². The van der Waals surface area contributed by atoms with Gasteiger partial charge in [-0.25, -0.2) is 13.6 Å². The predicted molar refractivity (Wildman–Crippen MR) is 178 cm³/mol. The van der Waals surface area contributed by atoms with Gasteiger partial charge >= 0.3 is 17.8 Å². The third kappa shape index (κ3) is 9.34. The summed E-state index contributed by atoms with van der Waals surface area (Å²) in [4.78, 5) is 40.0. The molecule has 1 aromatic heterocycles. The van der Waals surface area contributed by atoms with Crippen LogP contribution in [-0.2, 0) is 28.8 Å². The Kier molecular flexibility index (Phi) is 14.1. The smallest absolute Gasteiger partial charge is 0.416 e. The lowest BCUT2D eigenvalue weighted by Crippen LogP contribution is -2.47. The van der Waals surface area contributed by atoms with Gasteiger partial charge in [0.25, 0.3) is 5.56 Å². The number of halogens is 5. The number of nitrogens with one attached hydrogen (secondary N) is 1. The van der Waals surface area contributed by atoms with Crippen LogP contribution in [0.4, 0.5) is 22.0 Å². The molecule has 0 amide bonds. The summed E-state index contributed by atoms with van der Waals surface area (Å²) in [5.74, 6) is -2.69. The van der Waals surface area contributed by atoms with E-state index in [9.17, 15) is 27.6 Å². The van der Waals surface area contributed by atoms with E-state index in [-0.39, 0.29) is 48.1 Å². The summed E-state index contributed by atoms with van der Waals surface area (Å²) in [6.45, 7) is 6.35. The van der Waals surface area contributed by atoms with E-state index in [2.05, 4.69) is 5.32 Å². The maximum atomic E-state index is 15.6. The van der Waals surface area contributed by atoms with E-state index in [4.69, 9.17) is 9.47 Å². The first-order chi connectivity index (χ1) is 23.4. The summed E-state index contributed by atoms with van der Waals surface area (Å²) >= 11 is 0. The number of hydrogen-bond acceptors (Lipinski definition) is 6. The first kappa shape index (κ1) is 38.9. The summed E-state index contributed by atoms with van der Waals surface area (Å²) in [6.07, 6.45) is 2.72. The largest absolute Gasteiger partial charge is 0.494 e. The van der Waals surface area contributed by atoms with E-state index < -0.39 is 52.8 Å². The van der Waals surface area contributed by atoms with Gasteiger partial charge in [-0.3, -0.25) is 18.7 Å². The maximum absolute atomic E-state index is 15.6. The summed E-state index contributed by atoms with van der Waals surface area (Å²) < 4.78 is 84.2. The second-order valence-corrected chi connectivity index (χ2v) is 10.9. The molecule has 0 fully saturated rings. The average Bonchev–Trinajstić information content (AvgIpc) is 3.08. The summed E-state index contributed by atoms with van der Waals surface area (Å²) in [6, 6.07) is 5.87. The van der Waals surface area contributed by atoms with E-state index in [1.165, 1.54) is 32.2 Å². The van der Waals surface area contributed by atoms with E-state index in [1.54, 1.807) is 6.92 Å². The van der Waals surface area contributed by atoms with Crippen LogP contribution >= 0.6 is 0 Å². The molecule has 4 rings (SSSR count). The van der Waals surface area contributed by atoms with Crippen molar-refractivity contribution >= 4 is 5.97 Å². The average molecular weight is 692 g/mol. The lowest BCUT2D eigenvalue weighted by Gasteiger charge is -2.25. The summed E-state index contributed by atoms with van der Waals surface area (Å²) in [5.41, 5.74) is -3.93. The Labute approximate surface area is 281 Å². The van der Waals surface area contributed by atoms with Crippen LogP contribution < -0.4 is 21.3 Å². The number of carbonyl (C=O) groups is 1. The van der Waals surface area contributed by atoms with Crippen LogP contribution in [0.25, 0.3) is 11.1 Å². The van der Waals surface area contributed by atoms with Crippen molar-refractivity contribution < 1.29 is 36.2 Å². The number of benzene rings is 2. The van der Waals surface area contributed by atoms with Crippen molar-refractivity contribution in [1.29, 1.82) is 0 Å². The highest BCUT2D eigenvalue weighted by atomic mass is 19.4. The van der Waals surface area contributed by atoms with Crippen LogP contribution in [0.2, 0.25) is 0 Å². The minimum absolute atomic E-state index is 0.128. The van der Waals surface area contributed by atoms with Gasteiger partial charge < -0.3 is 14.8 Å². The van der Waals surface area contributed by atoms with Crippen LogP contribution in [0, 0.1) is 18.6 Å². The number of esters is 1. The molecule has 1 aliphatic carbocycles. The number of methoxy groups -OCH3 is 1. The normalized spacial score (nSPS) is 13.3. The van der Waals surface area contributed by atoms with Crippen LogP contribution in [-0.4, -0.2) is 41.4 Å². The van der Waals surface area contributed by atoms with Crippen LogP contribution in [0.5, 0.6) is 5.75 Å². The number of rotatable bonds is 13. The molecule has 1 heterocycles. The van der Waals surface area contributed by atoms with Gasteiger partial charge in [0.1, 0.15) is 5.82 Å². The van der Waals surface area contributed by atoms with Crippen LogP contribution in [0.15, 0.2) is 69.8 Å². The van der Waals surface area contributed by atoms with Gasteiger partial charge in [0, 0.05) is 23.2 Å². The first-order valence-electron chi connectivity index (χ1n) is 16.2. The van der Waals surface area contributed by atoms with Crippen molar-refractivity contribution in [2.45, 2.75) is 78.7 Å². The minimum Gasteiger partial charge on any atom is -0.494 e. The van der Waals surface area contributed by atoms with E-state index in [0.717, 1.165) is 33.3 Å². The fourth-order valence-corrected chi connectivity index (χ4v) is 5.57. The number of allylic oxidation sites excluding steroid dienone is 2. The Bertz CT molecular complexity index is 1790. The monoisotopic (exact) mass is 691 g/mol. The Morgan fingerprint density at radius 3 is 2.39 bits per heavy atom. The molecule has 1 N–H and O–H groups in total. The molecule has 266 valence electrons. The molecule has 2 aromatic carbocycles. The molecule has 49 heavy (non-hydrogen) atoms. The Morgan fingerprint density at radius 2 is 1.76 bits per heavy atom. The SMILES string of the molecule is CC.CCOC(=O)CCCNC(Cn1c(=O)c(-c2cccc(OC)c2F)c(C)n(Cc2c(F)cccc2C(F)(F)F)c1=O)C1=CCCC=C1. The zero-order chi connectivity index (χ0) is 36.3. The second kappa shape index (κ2) is 17.8. The second-order valence-electron chi connectivity index (χ2n) is 10.9. The third-order valence-electron chi connectivity index (χ3n) is 7.93. The van der Waals surface area contributed by atoms with Crippen molar-refractivity contribution in [3.63, 3.8) is 0 Å². The van der Waals surface area contributed by atoms with Crippen LogP contribution in [0.1, 0.15) is 63.3 Å². The van der Waals surface area contributed by atoms with Gasteiger partial charge in [0.05, 0.1) is 44.0 Å². The van der Waals surface area contributed by atoms with Gasteiger partial charge in [-0.1, -0.05) is 50.3 Å². The molecular formula is C36H42F5N3O5. The van der Waals surface area contributed by atoms with Gasteiger partial charge in [0.15, 0.2) is 11.6 Å². The molecule has 13 heteroatoms. The highest BCUT2D eigenvalue weighted by Gasteiger charge is 2.35. The number of carbonyl (C=O) groups excluding carboxylic acids is 1. The number of ether oxygens (including phenoxy) is 2. The van der Waals surface area contributed by atoms with Crippen molar-refractivity contribution in [3.8, 4) is 16.9 Å².